The van der Waals surface area contributed by atoms with E-state index in [1.54, 1.807) is 18.2 Å². The molecule has 0 atom stereocenters. The third kappa shape index (κ3) is 2.58. The Morgan fingerprint density at radius 2 is 1.92 bits per heavy atom. The molecule has 6 nitrogen and oxygen atoms in total. The third-order valence-electron chi connectivity index (χ3n) is 3.89. The van der Waals surface area contributed by atoms with Crippen LogP contribution in [0.25, 0.3) is 10.9 Å². The van der Waals surface area contributed by atoms with Gasteiger partial charge in [-0.25, -0.2) is 0 Å². The Labute approximate surface area is 137 Å². The van der Waals surface area contributed by atoms with Crippen molar-refractivity contribution in [3.05, 3.63) is 70.0 Å². The van der Waals surface area contributed by atoms with E-state index in [1.807, 2.05) is 30.3 Å². The van der Waals surface area contributed by atoms with Crippen molar-refractivity contribution in [3.8, 4) is 11.5 Å². The summed E-state index contributed by atoms with van der Waals surface area (Å²) < 4.78 is 10.6. The zero-order chi connectivity index (χ0) is 16.5. The van der Waals surface area contributed by atoms with Crippen molar-refractivity contribution in [2.45, 2.75) is 6.54 Å². The summed E-state index contributed by atoms with van der Waals surface area (Å²) in [6.07, 6.45) is 0. The van der Waals surface area contributed by atoms with Crippen molar-refractivity contribution in [1.29, 1.82) is 0 Å². The SMILES string of the molecule is O=C(NCc1ccc2c(c1)OCO2)c1cc2ccccc2[nH]c1=O. The van der Waals surface area contributed by atoms with Gasteiger partial charge in [0.25, 0.3) is 11.5 Å². The van der Waals surface area contributed by atoms with E-state index in [-0.39, 0.29) is 12.4 Å². The number of fused-ring (bicyclic) bond motifs is 2. The van der Waals surface area contributed by atoms with Crippen LogP contribution in [0.5, 0.6) is 11.5 Å². The van der Waals surface area contributed by atoms with Gasteiger partial charge >= 0.3 is 0 Å². The van der Waals surface area contributed by atoms with Gasteiger partial charge in [0.2, 0.25) is 6.79 Å². The van der Waals surface area contributed by atoms with E-state index in [2.05, 4.69) is 10.3 Å². The van der Waals surface area contributed by atoms with Crippen molar-refractivity contribution < 1.29 is 14.3 Å². The molecule has 2 heterocycles. The van der Waals surface area contributed by atoms with E-state index in [1.165, 1.54) is 0 Å². The monoisotopic (exact) mass is 322 g/mol. The fourth-order valence-electron chi connectivity index (χ4n) is 2.64. The Hall–Kier alpha value is -3.28. The number of amides is 1. The molecule has 1 aliphatic rings. The highest BCUT2D eigenvalue weighted by atomic mass is 16.7. The molecule has 1 aromatic heterocycles. The summed E-state index contributed by atoms with van der Waals surface area (Å²) in [5.74, 6) is 0.932. The van der Waals surface area contributed by atoms with Crippen LogP contribution in [0.4, 0.5) is 0 Å². The standard InChI is InChI=1S/C18H14N2O4/c21-17(13-8-12-3-1-2-4-14(12)20-18(13)22)19-9-11-5-6-15-16(7-11)24-10-23-15/h1-8H,9-10H2,(H,19,21)(H,20,22). The first-order valence-electron chi connectivity index (χ1n) is 7.49. The predicted octanol–water partition coefficient (Wildman–Crippen LogP) is 2.19. The van der Waals surface area contributed by atoms with Crippen molar-refractivity contribution in [2.24, 2.45) is 0 Å². The van der Waals surface area contributed by atoms with E-state index >= 15 is 0 Å². The topological polar surface area (TPSA) is 80.4 Å². The van der Waals surface area contributed by atoms with E-state index in [0.717, 1.165) is 10.9 Å². The van der Waals surface area contributed by atoms with Gasteiger partial charge in [-0.15, -0.1) is 0 Å². The number of aromatic amines is 1. The van der Waals surface area contributed by atoms with Gasteiger partial charge in [-0.2, -0.15) is 0 Å². The molecule has 0 radical (unpaired) electrons. The van der Waals surface area contributed by atoms with Crippen molar-refractivity contribution >= 4 is 16.8 Å². The van der Waals surface area contributed by atoms with Crippen molar-refractivity contribution in [1.82, 2.24) is 10.3 Å². The molecule has 1 aliphatic heterocycles. The molecule has 0 bridgehead atoms. The van der Waals surface area contributed by atoms with Gasteiger partial charge in [0.1, 0.15) is 5.56 Å². The van der Waals surface area contributed by atoms with Crippen LogP contribution in [0.15, 0.2) is 53.3 Å². The Balaban J connectivity index is 1.54. The number of ether oxygens (including phenoxy) is 2. The van der Waals surface area contributed by atoms with E-state index in [9.17, 15) is 9.59 Å². The van der Waals surface area contributed by atoms with Crippen LogP contribution in [0.1, 0.15) is 15.9 Å². The summed E-state index contributed by atoms with van der Waals surface area (Å²) >= 11 is 0. The Bertz CT molecular complexity index is 994. The maximum atomic E-state index is 12.3. The highest BCUT2D eigenvalue weighted by molar-refractivity contribution is 5.97. The van der Waals surface area contributed by atoms with Crippen LogP contribution in [0.2, 0.25) is 0 Å². The van der Waals surface area contributed by atoms with Gasteiger partial charge in [-0.1, -0.05) is 24.3 Å². The molecule has 0 unspecified atom stereocenters. The Morgan fingerprint density at radius 1 is 1.08 bits per heavy atom. The molecule has 0 aliphatic carbocycles. The first kappa shape index (κ1) is 14.3. The molecule has 4 rings (SSSR count). The quantitative estimate of drug-likeness (QED) is 0.774. The zero-order valence-electron chi connectivity index (χ0n) is 12.7. The number of hydrogen-bond acceptors (Lipinski definition) is 4. The molecule has 3 aromatic rings. The number of carbonyl (C=O) groups is 1. The van der Waals surface area contributed by atoms with Gasteiger partial charge in [-0.3, -0.25) is 9.59 Å². The fourth-order valence-corrected chi connectivity index (χ4v) is 2.64. The number of hydrogen-bond donors (Lipinski definition) is 2. The molecule has 0 saturated heterocycles. The van der Waals surface area contributed by atoms with Crippen LogP contribution in [-0.4, -0.2) is 17.7 Å². The molecule has 24 heavy (non-hydrogen) atoms. The summed E-state index contributed by atoms with van der Waals surface area (Å²) in [4.78, 5) is 27.1. The smallest absolute Gasteiger partial charge is 0.261 e. The van der Waals surface area contributed by atoms with Gasteiger partial charge in [-0.05, 0) is 35.2 Å². The van der Waals surface area contributed by atoms with Crippen molar-refractivity contribution in [2.75, 3.05) is 6.79 Å². The van der Waals surface area contributed by atoms with Crippen LogP contribution < -0.4 is 20.3 Å². The van der Waals surface area contributed by atoms with Crippen LogP contribution >= 0.6 is 0 Å². The molecule has 1 amide bonds. The number of carbonyl (C=O) groups excluding carboxylic acids is 1. The largest absolute Gasteiger partial charge is 0.454 e. The van der Waals surface area contributed by atoms with Gasteiger partial charge in [0, 0.05) is 12.1 Å². The third-order valence-corrected chi connectivity index (χ3v) is 3.89. The number of nitrogens with one attached hydrogen (secondary N) is 2. The molecule has 2 aromatic carbocycles. The lowest BCUT2D eigenvalue weighted by Crippen LogP contribution is -2.29. The highest BCUT2D eigenvalue weighted by Gasteiger charge is 2.15. The van der Waals surface area contributed by atoms with Crippen LogP contribution in [-0.2, 0) is 6.54 Å². The second kappa shape index (κ2) is 5.73. The first-order valence-corrected chi connectivity index (χ1v) is 7.49. The average molecular weight is 322 g/mol. The molecule has 0 fully saturated rings. The van der Waals surface area contributed by atoms with Crippen molar-refractivity contribution in [3.63, 3.8) is 0 Å². The fraction of sp³-hybridized carbons (Fsp3) is 0.111. The molecule has 0 spiro atoms. The Morgan fingerprint density at radius 3 is 2.83 bits per heavy atom. The average Bonchev–Trinajstić information content (AvgIpc) is 3.06. The minimum Gasteiger partial charge on any atom is -0.454 e. The van der Waals surface area contributed by atoms with Crippen LogP contribution in [0.3, 0.4) is 0 Å². The zero-order valence-corrected chi connectivity index (χ0v) is 12.7. The van der Waals surface area contributed by atoms with Gasteiger partial charge in [0.05, 0.1) is 0 Å². The Kier molecular flexibility index (Phi) is 3.42. The van der Waals surface area contributed by atoms with Gasteiger partial charge in [0.15, 0.2) is 11.5 Å². The minimum absolute atomic E-state index is 0.0921. The minimum atomic E-state index is -0.417. The molecular weight excluding hydrogens is 308 g/mol. The van der Waals surface area contributed by atoms with E-state index in [4.69, 9.17) is 9.47 Å². The number of H-pyrrole nitrogens is 1. The van der Waals surface area contributed by atoms with Gasteiger partial charge < -0.3 is 19.8 Å². The predicted molar refractivity (Wildman–Crippen MR) is 88.3 cm³/mol. The summed E-state index contributed by atoms with van der Waals surface area (Å²) in [6.45, 7) is 0.499. The number of para-hydroxylation sites is 1. The lowest BCUT2D eigenvalue weighted by Gasteiger charge is -2.07. The normalized spacial score (nSPS) is 12.3. The molecule has 120 valence electrons. The van der Waals surface area contributed by atoms with E-state index < -0.39 is 11.5 Å². The second-order valence-electron chi connectivity index (χ2n) is 5.47. The maximum absolute atomic E-state index is 12.3. The first-order chi connectivity index (χ1) is 11.7. The number of benzene rings is 2. The molecule has 0 saturated carbocycles. The number of rotatable bonds is 3. The summed E-state index contributed by atoms with van der Waals surface area (Å²) in [5.41, 5.74) is 1.26. The van der Waals surface area contributed by atoms with E-state index in [0.29, 0.717) is 23.6 Å². The second-order valence-corrected chi connectivity index (χ2v) is 5.47. The summed E-state index contributed by atoms with van der Waals surface area (Å²) in [7, 11) is 0. The lowest BCUT2D eigenvalue weighted by atomic mass is 10.1. The maximum Gasteiger partial charge on any atom is 0.261 e. The molecule has 2 N–H and O–H groups in total. The number of pyridine rings is 1. The lowest BCUT2D eigenvalue weighted by molar-refractivity contribution is 0.0949. The van der Waals surface area contributed by atoms with Crippen LogP contribution in [0, 0.1) is 0 Å². The molecule has 6 heteroatoms. The highest BCUT2D eigenvalue weighted by Crippen LogP contribution is 2.32. The summed E-state index contributed by atoms with van der Waals surface area (Å²) in [5, 5.41) is 3.57. The summed E-state index contributed by atoms with van der Waals surface area (Å²) in [6, 6.07) is 14.4. The molecular formula is C18H14N2O4. The number of aromatic nitrogens is 1.